The van der Waals surface area contributed by atoms with Crippen LogP contribution in [-0.4, -0.2) is 43.0 Å². The summed E-state index contributed by atoms with van der Waals surface area (Å²) in [7, 11) is -1.62. The number of aromatic nitrogens is 6. The summed E-state index contributed by atoms with van der Waals surface area (Å²) in [6, 6.07) is 10.4. The zero-order valence-electron chi connectivity index (χ0n) is 18.6. The SMILES string of the molecule is Cn1cc(-c2ccc3c(ncn3-c3cnc(NS(=O)(=O)C4CC4)nc3)c2-c2ccccc2F)cn1. The van der Waals surface area contributed by atoms with Crippen LogP contribution in [0.25, 0.3) is 39.0 Å². The van der Waals surface area contributed by atoms with Crippen molar-refractivity contribution in [2.75, 3.05) is 4.72 Å². The van der Waals surface area contributed by atoms with Crippen LogP contribution >= 0.6 is 0 Å². The molecule has 0 unspecified atom stereocenters. The molecule has 0 radical (unpaired) electrons. The Morgan fingerprint density at radius 2 is 1.77 bits per heavy atom. The second-order valence-corrected chi connectivity index (χ2v) is 10.4. The van der Waals surface area contributed by atoms with E-state index in [2.05, 4.69) is 24.8 Å². The van der Waals surface area contributed by atoms with Crippen LogP contribution in [0.1, 0.15) is 12.8 Å². The molecule has 1 aliphatic carbocycles. The fourth-order valence-electron chi connectivity index (χ4n) is 4.11. The summed E-state index contributed by atoms with van der Waals surface area (Å²) in [5, 5.41) is 3.90. The number of fused-ring (bicyclic) bond motifs is 1. The molecule has 2 aromatic carbocycles. The highest BCUT2D eigenvalue weighted by Gasteiger charge is 2.36. The molecule has 0 saturated heterocycles. The summed E-state index contributed by atoms with van der Waals surface area (Å²) in [5.74, 6) is -0.327. The summed E-state index contributed by atoms with van der Waals surface area (Å²) in [6.45, 7) is 0. The van der Waals surface area contributed by atoms with E-state index in [1.165, 1.54) is 18.5 Å². The quantitative estimate of drug-likeness (QED) is 0.387. The van der Waals surface area contributed by atoms with Crippen LogP contribution in [0.2, 0.25) is 0 Å². The number of anilines is 1. The summed E-state index contributed by atoms with van der Waals surface area (Å²) in [5.41, 5.74) is 4.67. The van der Waals surface area contributed by atoms with Crippen LogP contribution in [0, 0.1) is 5.82 Å². The van der Waals surface area contributed by atoms with Gasteiger partial charge in [-0.1, -0.05) is 24.3 Å². The third kappa shape index (κ3) is 3.83. The van der Waals surface area contributed by atoms with Gasteiger partial charge in [-0.25, -0.2) is 27.8 Å². The largest absolute Gasteiger partial charge is 0.296 e. The monoisotopic (exact) mass is 489 g/mol. The molecular weight excluding hydrogens is 469 g/mol. The van der Waals surface area contributed by atoms with Crippen molar-refractivity contribution in [1.29, 1.82) is 0 Å². The molecule has 0 bridgehead atoms. The van der Waals surface area contributed by atoms with E-state index in [1.54, 1.807) is 40.0 Å². The second kappa shape index (κ2) is 7.98. The smallest absolute Gasteiger partial charge is 0.237 e. The number of rotatable bonds is 6. The van der Waals surface area contributed by atoms with E-state index < -0.39 is 10.0 Å². The van der Waals surface area contributed by atoms with Gasteiger partial charge in [0, 0.05) is 29.9 Å². The van der Waals surface area contributed by atoms with E-state index in [9.17, 15) is 12.8 Å². The van der Waals surface area contributed by atoms with E-state index in [-0.39, 0.29) is 17.0 Å². The molecule has 1 aliphatic rings. The van der Waals surface area contributed by atoms with Gasteiger partial charge in [0.05, 0.1) is 40.6 Å². The van der Waals surface area contributed by atoms with Crippen molar-refractivity contribution in [3.05, 3.63) is 73.3 Å². The van der Waals surface area contributed by atoms with Gasteiger partial charge in [-0.15, -0.1) is 0 Å². The van der Waals surface area contributed by atoms with E-state index in [4.69, 9.17) is 0 Å². The number of imidazole rings is 1. The molecule has 0 spiro atoms. The van der Waals surface area contributed by atoms with Crippen LogP contribution < -0.4 is 4.72 Å². The van der Waals surface area contributed by atoms with E-state index in [0.29, 0.717) is 35.2 Å². The molecule has 3 aromatic heterocycles. The summed E-state index contributed by atoms with van der Waals surface area (Å²) < 4.78 is 45.2. The van der Waals surface area contributed by atoms with E-state index in [1.807, 2.05) is 25.4 Å². The molecule has 176 valence electrons. The number of hydrogen-bond acceptors (Lipinski definition) is 6. The number of aryl methyl sites for hydroxylation is 1. The molecule has 11 heteroatoms. The van der Waals surface area contributed by atoms with Crippen molar-refractivity contribution in [1.82, 2.24) is 29.3 Å². The maximum Gasteiger partial charge on any atom is 0.237 e. The lowest BCUT2D eigenvalue weighted by Crippen LogP contribution is -2.19. The second-order valence-electron chi connectivity index (χ2n) is 8.46. The lowest BCUT2D eigenvalue weighted by atomic mass is 9.94. The average Bonchev–Trinajstić information content (AvgIpc) is 3.50. The van der Waals surface area contributed by atoms with Crippen LogP contribution in [-0.2, 0) is 17.1 Å². The highest BCUT2D eigenvalue weighted by Crippen LogP contribution is 2.39. The fraction of sp³-hybridized carbons (Fsp3) is 0.167. The Kier molecular flexibility index (Phi) is 4.88. The predicted octanol–water partition coefficient (Wildman–Crippen LogP) is 3.93. The molecule has 0 amide bonds. The van der Waals surface area contributed by atoms with Crippen LogP contribution in [0.3, 0.4) is 0 Å². The molecule has 0 atom stereocenters. The van der Waals surface area contributed by atoms with Gasteiger partial charge in [-0.05, 0) is 30.5 Å². The number of halogens is 1. The Hall–Kier alpha value is -4.12. The number of sulfonamides is 1. The zero-order valence-corrected chi connectivity index (χ0v) is 19.4. The lowest BCUT2D eigenvalue weighted by molar-refractivity contribution is 0.599. The molecule has 3 heterocycles. The topological polar surface area (TPSA) is 108 Å². The van der Waals surface area contributed by atoms with Crippen LogP contribution in [0.4, 0.5) is 10.3 Å². The molecule has 1 fully saturated rings. The van der Waals surface area contributed by atoms with E-state index in [0.717, 1.165) is 16.6 Å². The first-order chi connectivity index (χ1) is 16.9. The van der Waals surface area contributed by atoms with Gasteiger partial charge in [0.25, 0.3) is 0 Å². The molecule has 0 aliphatic heterocycles. The minimum atomic E-state index is -3.45. The first kappa shape index (κ1) is 21.4. The number of benzene rings is 2. The molecular formula is C24H20FN7O2S. The Morgan fingerprint density at radius 1 is 1.00 bits per heavy atom. The number of nitrogens with zero attached hydrogens (tertiary/aromatic N) is 6. The highest BCUT2D eigenvalue weighted by molar-refractivity contribution is 7.93. The maximum atomic E-state index is 14.9. The van der Waals surface area contributed by atoms with Crippen molar-refractivity contribution >= 4 is 27.0 Å². The van der Waals surface area contributed by atoms with Crippen molar-refractivity contribution in [2.24, 2.45) is 7.05 Å². The molecule has 1 N–H and O–H groups in total. The Balaban J connectivity index is 1.46. The maximum absolute atomic E-state index is 14.9. The third-order valence-electron chi connectivity index (χ3n) is 5.99. The Labute approximate surface area is 200 Å². The fourth-order valence-corrected chi connectivity index (χ4v) is 5.40. The molecule has 5 aromatic rings. The molecule has 6 rings (SSSR count). The predicted molar refractivity (Wildman–Crippen MR) is 130 cm³/mol. The number of hydrogen-bond donors (Lipinski definition) is 1. The summed E-state index contributed by atoms with van der Waals surface area (Å²) in [6.07, 6.45) is 9.58. The van der Waals surface area contributed by atoms with Gasteiger partial charge >= 0.3 is 0 Å². The van der Waals surface area contributed by atoms with Gasteiger partial charge in [0.1, 0.15) is 12.1 Å². The van der Waals surface area contributed by atoms with Crippen molar-refractivity contribution < 1.29 is 12.8 Å². The molecule has 9 nitrogen and oxygen atoms in total. The first-order valence-electron chi connectivity index (χ1n) is 11.0. The van der Waals surface area contributed by atoms with Gasteiger partial charge in [0.2, 0.25) is 16.0 Å². The van der Waals surface area contributed by atoms with Gasteiger partial charge in [0.15, 0.2) is 0 Å². The normalized spacial score (nSPS) is 13.9. The zero-order chi connectivity index (χ0) is 24.2. The highest BCUT2D eigenvalue weighted by atomic mass is 32.2. The van der Waals surface area contributed by atoms with Crippen molar-refractivity contribution in [2.45, 2.75) is 18.1 Å². The Morgan fingerprint density at radius 3 is 2.46 bits per heavy atom. The first-order valence-corrected chi connectivity index (χ1v) is 12.5. The third-order valence-corrected chi connectivity index (χ3v) is 7.81. The average molecular weight is 490 g/mol. The van der Waals surface area contributed by atoms with Gasteiger partial charge in [-0.3, -0.25) is 14.0 Å². The summed E-state index contributed by atoms with van der Waals surface area (Å²) >= 11 is 0. The van der Waals surface area contributed by atoms with E-state index >= 15 is 0 Å². The molecule has 35 heavy (non-hydrogen) atoms. The van der Waals surface area contributed by atoms with Gasteiger partial charge in [-0.2, -0.15) is 5.10 Å². The molecule has 1 saturated carbocycles. The Bertz CT molecular complexity index is 1670. The van der Waals surface area contributed by atoms with Crippen molar-refractivity contribution in [3.8, 4) is 27.9 Å². The number of nitrogens with one attached hydrogen (secondary N) is 1. The van der Waals surface area contributed by atoms with Crippen LogP contribution in [0.15, 0.2) is 67.5 Å². The standard InChI is InChI=1S/C24H20FN7O2S/c1-31-13-15(10-29-31)18-8-9-21-23(22(18)19-4-2-3-5-20(19)25)28-14-32(21)16-11-26-24(27-12-16)30-35(33,34)17-6-7-17/h2-5,8-14,17H,6-7H2,1H3,(H,26,27,30). The van der Waals surface area contributed by atoms with Gasteiger partial charge < -0.3 is 0 Å². The summed E-state index contributed by atoms with van der Waals surface area (Å²) in [4.78, 5) is 13.0. The van der Waals surface area contributed by atoms with Crippen molar-refractivity contribution in [3.63, 3.8) is 0 Å². The minimum absolute atomic E-state index is 0.0241. The van der Waals surface area contributed by atoms with Crippen LogP contribution in [0.5, 0.6) is 0 Å². The lowest BCUT2D eigenvalue weighted by Gasteiger charge is -2.12. The minimum Gasteiger partial charge on any atom is -0.296 e.